The summed E-state index contributed by atoms with van der Waals surface area (Å²) in [5.74, 6) is -0.260. The van der Waals surface area contributed by atoms with Gasteiger partial charge < -0.3 is 14.8 Å². The molecule has 134 valence electrons. The lowest BCUT2D eigenvalue weighted by Gasteiger charge is -2.10. The molecule has 1 heterocycles. The summed E-state index contributed by atoms with van der Waals surface area (Å²) >= 11 is 1.55. The van der Waals surface area contributed by atoms with E-state index in [9.17, 15) is 10.2 Å². The van der Waals surface area contributed by atoms with E-state index in [2.05, 4.69) is 16.7 Å². The minimum atomic E-state index is -0.133. The Morgan fingerprint density at radius 1 is 0.815 bits per heavy atom. The van der Waals surface area contributed by atoms with Crippen molar-refractivity contribution in [1.29, 1.82) is 0 Å². The largest absolute Gasteiger partial charge is 0.504 e. The highest BCUT2D eigenvalue weighted by Crippen LogP contribution is 2.31. The maximum Gasteiger partial charge on any atom is 0.190 e. The summed E-state index contributed by atoms with van der Waals surface area (Å²) in [5, 5.41) is 21.6. The number of benzene rings is 3. The summed E-state index contributed by atoms with van der Waals surface area (Å²) in [6.07, 6.45) is 0. The average molecular weight is 374 g/mol. The third-order valence-electron chi connectivity index (χ3n) is 4.23. The maximum atomic E-state index is 9.90. The van der Waals surface area contributed by atoms with E-state index in [0.717, 1.165) is 27.3 Å². The van der Waals surface area contributed by atoms with Gasteiger partial charge in [-0.1, -0.05) is 48.5 Å². The summed E-state index contributed by atoms with van der Waals surface area (Å²) < 4.78 is 2.12. The minimum absolute atomic E-state index is 0.127. The number of nitrogens with zero attached hydrogens (tertiary/aromatic N) is 2. The average Bonchev–Trinajstić information content (AvgIpc) is 3.08. The molecule has 4 rings (SSSR count). The second-order valence-corrected chi connectivity index (χ2v) is 6.96. The van der Waals surface area contributed by atoms with Gasteiger partial charge in [0.05, 0.1) is 17.9 Å². The Kier molecular flexibility index (Phi) is 4.77. The van der Waals surface area contributed by atoms with Gasteiger partial charge in [-0.05, 0) is 35.9 Å². The van der Waals surface area contributed by atoms with Gasteiger partial charge in [-0.3, -0.25) is 0 Å². The van der Waals surface area contributed by atoms with Crippen molar-refractivity contribution in [2.24, 2.45) is 4.99 Å². The maximum absolute atomic E-state index is 9.90. The van der Waals surface area contributed by atoms with Crippen LogP contribution >= 0.6 is 11.3 Å². The lowest BCUT2D eigenvalue weighted by molar-refractivity contribution is 0.404. The molecule has 1 aromatic heterocycles. The van der Waals surface area contributed by atoms with Gasteiger partial charge in [0.2, 0.25) is 0 Å². The van der Waals surface area contributed by atoms with Crippen LogP contribution in [0.5, 0.6) is 11.5 Å². The summed E-state index contributed by atoms with van der Waals surface area (Å²) in [6.45, 7) is 0.660. The smallest absolute Gasteiger partial charge is 0.190 e. The summed E-state index contributed by atoms with van der Waals surface area (Å²) in [4.78, 5) is 5.66. The highest BCUT2D eigenvalue weighted by atomic mass is 32.1. The second kappa shape index (κ2) is 7.51. The normalized spacial score (nSPS) is 11.6. The molecule has 0 aliphatic carbocycles. The van der Waals surface area contributed by atoms with E-state index in [4.69, 9.17) is 4.99 Å². The van der Waals surface area contributed by atoms with Gasteiger partial charge in [-0.25, -0.2) is 4.99 Å². The fraction of sp³-hybridized carbons (Fsp3) is 0.0455. The second-order valence-electron chi connectivity index (χ2n) is 6.13. The van der Waals surface area contributed by atoms with Crippen molar-refractivity contribution in [3.63, 3.8) is 0 Å². The molecule has 0 unspecified atom stereocenters. The SMILES string of the molecule is Oc1ccc(-c2csc(=Nc3ccccc3)n2Cc2ccccc2)cc1O. The molecule has 2 N–H and O–H groups in total. The van der Waals surface area contributed by atoms with Gasteiger partial charge in [-0.15, -0.1) is 11.3 Å². The molecule has 0 saturated heterocycles. The predicted molar refractivity (Wildman–Crippen MR) is 108 cm³/mol. The summed E-state index contributed by atoms with van der Waals surface area (Å²) in [6, 6.07) is 24.9. The number of hydrogen-bond donors (Lipinski definition) is 2. The Morgan fingerprint density at radius 3 is 2.22 bits per heavy atom. The van der Waals surface area contributed by atoms with Crippen molar-refractivity contribution in [2.45, 2.75) is 6.54 Å². The molecular weight excluding hydrogens is 356 g/mol. The molecule has 0 spiro atoms. The lowest BCUT2D eigenvalue weighted by Crippen LogP contribution is -2.16. The van der Waals surface area contributed by atoms with Crippen LogP contribution in [0.1, 0.15) is 5.56 Å². The Labute approximate surface area is 161 Å². The molecule has 4 nitrogen and oxygen atoms in total. The van der Waals surface area contributed by atoms with Crippen LogP contribution in [0.25, 0.3) is 11.3 Å². The fourth-order valence-corrected chi connectivity index (χ4v) is 3.79. The van der Waals surface area contributed by atoms with Crippen molar-refractivity contribution in [3.8, 4) is 22.8 Å². The number of thiazole rings is 1. The molecule has 0 aliphatic heterocycles. The molecule has 0 amide bonds. The number of phenolic OH excluding ortho intramolecular Hbond substituents is 2. The van der Waals surface area contributed by atoms with Crippen molar-refractivity contribution < 1.29 is 10.2 Å². The van der Waals surface area contributed by atoms with Gasteiger partial charge in [0.15, 0.2) is 16.3 Å². The summed E-state index contributed by atoms with van der Waals surface area (Å²) in [7, 11) is 0. The topological polar surface area (TPSA) is 57.8 Å². The van der Waals surface area contributed by atoms with E-state index < -0.39 is 0 Å². The van der Waals surface area contributed by atoms with Crippen LogP contribution in [-0.2, 0) is 6.54 Å². The quantitative estimate of drug-likeness (QED) is 0.499. The van der Waals surface area contributed by atoms with Crippen LogP contribution in [0.3, 0.4) is 0 Å². The molecule has 0 bridgehead atoms. The van der Waals surface area contributed by atoms with E-state index in [0.29, 0.717) is 6.54 Å². The molecule has 27 heavy (non-hydrogen) atoms. The Hall–Kier alpha value is -3.31. The standard InChI is InChI=1S/C22H18N2O2S/c25-20-12-11-17(13-21(20)26)19-15-27-22(23-18-9-5-2-6-10-18)24(19)14-16-7-3-1-4-8-16/h1-13,15,25-26H,14H2. The lowest BCUT2D eigenvalue weighted by atomic mass is 10.1. The van der Waals surface area contributed by atoms with Gasteiger partial charge in [0.25, 0.3) is 0 Å². The molecule has 0 saturated carbocycles. The van der Waals surface area contributed by atoms with Crippen molar-refractivity contribution in [3.05, 3.63) is 94.6 Å². The van der Waals surface area contributed by atoms with Crippen LogP contribution in [0.15, 0.2) is 89.2 Å². The number of phenols is 2. The van der Waals surface area contributed by atoms with Crippen molar-refractivity contribution in [1.82, 2.24) is 4.57 Å². The molecule has 0 aliphatic rings. The molecule has 3 aromatic carbocycles. The van der Waals surface area contributed by atoms with Gasteiger partial charge in [0.1, 0.15) is 0 Å². The fourth-order valence-electron chi connectivity index (χ4n) is 2.86. The van der Waals surface area contributed by atoms with E-state index >= 15 is 0 Å². The van der Waals surface area contributed by atoms with Crippen LogP contribution in [0, 0.1) is 0 Å². The van der Waals surface area contributed by atoms with E-state index in [-0.39, 0.29) is 11.5 Å². The molecule has 0 fully saturated rings. The van der Waals surface area contributed by atoms with Crippen LogP contribution in [0.4, 0.5) is 5.69 Å². The number of aromatic hydroxyl groups is 2. The van der Waals surface area contributed by atoms with E-state index in [1.54, 1.807) is 23.5 Å². The Morgan fingerprint density at radius 2 is 1.52 bits per heavy atom. The van der Waals surface area contributed by atoms with Crippen molar-refractivity contribution >= 4 is 17.0 Å². The molecule has 5 heteroatoms. The number of para-hydroxylation sites is 1. The third-order valence-corrected chi connectivity index (χ3v) is 5.10. The van der Waals surface area contributed by atoms with E-state index in [1.807, 2.05) is 53.9 Å². The minimum Gasteiger partial charge on any atom is -0.504 e. The molecule has 0 atom stereocenters. The first-order valence-corrected chi connectivity index (χ1v) is 9.43. The van der Waals surface area contributed by atoms with Gasteiger partial charge in [0, 0.05) is 10.9 Å². The van der Waals surface area contributed by atoms with Gasteiger partial charge in [-0.2, -0.15) is 0 Å². The van der Waals surface area contributed by atoms with Crippen molar-refractivity contribution in [2.75, 3.05) is 0 Å². The Balaban J connectivity index is 1.86. The number of hydrogen-bond acceptors (Lipinski definition) is 4. The first-order valence-electron chi connectivity index (χ1n) is 8.55. The van der Waals surface area contributed by atoms with Crippen LogP contribution in [-0.4, -0.2) is 14.8 Å². The first kappa shape index (κ1) is 17.1. The third kappa shape index (κ3) is 3.78. The predicted octanol–water partition coefficient (Wildman–Crippen LogP) is 4.91. The Bertz CT molecular complexity index is 1120. The van der Waals surface area contributed by atoms with Crippen LogP contribution < -0.4 is 4.80 Å². The highest BCUT2D eigenvalue weighted by Gasteiger charge is 2.11. The molecule has 0 radical (unpaired) electrons. The monoisotopic (exact) mass is 374 g/mol. The zero-order chi connectivity index (χ0) is 18.6. The highest BCUT2D eigenvalue weighted by molar-refractivity contribution is 7.07. The van der Waals surface area contributed by atoms with E-state index in [1.165, 1.54) is 6.07 Å². The zero-order valence-electron chi connectivity index (χ0n) is 14.5. The number of aromatic nitrogens is 1. The zero-order valence-corrected chi connectivity index (χ0v) is 15.3. The van der Waals surface area contributed by atoms with Crippen LogP contribution in [0.2, 0.25) is 0 Å². The molecule has 4 aromatic rings. The number of rotatable bonds is 4. The van der Waals surface area contributed by atoms with Gasteiger partial charge >= 0.3 is 0 Å². The first-order chi connectivity index (χ1) is 13.2. The summed E-state index contributed by atoms with van der Waals surface area (Å²) in [5.41, 5.74) is 3.82. The molecular formula is C22H18N2O2S.